The van der Waals surface area contributed by atoms with Gasteiger partial charge in [-0.2, -0.15) is 4.98 Å². The first-order valence-corrected chi connectivity index (χ1v) is 14.2. The fraction of sp³-hybridized carbons (Fsp3) is 0.586. The smallest absolute Gasteiger partial charge is 0.251 e. The van der Waals surface area contributed by atoms with E-state index in [1.54, 1.807) is 36.4 Å². The van der Waals surface area contributed by atoms with Crippen molar-refractivity contribution in [1.82, 2.24) is 15.3 Å². The van der Waals surface area contributed by atoms with E-state index in [0.29, 0.717) is 61.2 Å². The first-order valence-electron chi connectivity index (χ1n) is 14.2. The molecule has 2 N–H and O–H groups in total. The molecule has 1 aliphatic heterocycles. The molecule has 0 radical (unpaired) electrons. The highest BCUT2D eigenvalue weighted by Gasteiger charge is 2.55. The van der Waals surface area contributed by atoms with E-state index in [1.165, 1.54) is 12.8 Å². The van der Waals surface area contributed by atoms with Gasteiger partial charge in [0, 0.05) is 31.2 Å². The van der Waals surface area contributed by atoms with Crippen LogP contribution in [0.4, 0.5) is 27.5 Å². The second-order valence-electron chi connectivity index (χ2n) is 11.6. The van der Waals surface area contributed by atoms with Gasteiger partial charge < -0.3 is 25.2 Å². The predicted octanol–water partition coefficient (Wildman–Crippen LogP) is 4.74. The summed E-state index contributed by atoms with van der Waals surface area (Å²) in [7, 11) is 3.38. The molecular formula is C29H37FN6O3. The minimum atomic E-state index is -0.764. The minimum Gasteiger partial charge on any atom is -0.495 e. The van der Waals surface area contributed by atoms with E-state index in [1.807, 2.05) is 7.05 Å². The van der Waals surface area contributed by atoms with E-state index < -0.39 is 6.17 Å². The Morgan fingerprint density at radius 2 is 1.87 bits per heavy atom. The number of nitrogens with one attached hydrogen (secondary N) is 2. The van der Waals surface area contributed by atoms with Gasteiger partial charge >= 0.3 is 0 Å². The van der Waals surface area contributed by atoms with Gasteiger partial charge in [0.05, 0.1) is 24.4 Å². The predicted molar refractivity (Wildman–Crippen MR) is 148 cm³/mol. The van der Waals surface area contributed by atoms with E-state index in [-0.39, 0.29) is 23.3 Å². The average molecular weight is 537 g/mol. The highest BCUT2D eigenvalue weighted by atomic mass is 19.1. The molecule has 2 amide bonds. The summed E-state index contributed by atoms with van der Waals surface area (Å²) in [6.45, 7) is 0.699. The van der Waals surface area contributed by atoms with Gasteiger partial charge in [-0.15, -0.1) is 0 Å². The topological polar surface area (TPSA) is 99.7 Å². The van der Waals surface area contributed by atoms with Crippen molar-refractivity contribution in [2.24, 2.45) is 5.41 Å². The molecule has 0 unspecified atom stereocenters. The largest absolute Gasteiger partial charge is 0.495 e. The summed E-state index contributed by atoms with van der Waals surface area (Å²) < 4.78 is 19.1. The number of hydrogen-bond donors (Lipinski definition) is 2. The molecule has 9 nitrogen and oxygen atoms in total. The van der Waals surface area contributed by atoms with Crippen molar-refractivity contribution in [3.8, 4) is 5.75 Å². The number of ether oxygens (including phenoxy) is 1. The zero-order chi connectivity index (χ0) is 27.1. The molecule has 10 heteroatoms. The zero-order valence-electron chi connectivity index (χ0n) is 22.7. The number of amides is 2. The third-order valence-corrected chi connectivity index (χ3v) is 8.94. The monoisotopic (exact) mass is 536 g/mol. The Kier molecular flexibility index (Phi) is 6.81. The Morgan fingerprint density at radius 3 is 2.56 bits per heavy atom. The summed E-state index contributed by atoms with van der Waals surface area (Å²) in [6.07, 6.45) is 9.67. The molecule has 1 aromatic heterocycles. The van der Waals surface area contributed by atoms with Crippen LogP contribution in [0.15, 0.2) is 24.4 Å². The van der Waals surface area contributed by atoms with Crippen molar-refractivity contribution in [3.63, 3.8) is 0 Å². The fourth-order valence-corrected chi connectivity index (χ4v) is 6.37. The zero-order valence-corrected chi connectivity index (χ0v) is 22.7. The van der Waals surface area contributed by atoms with E-state index in [4.69, 9.17) is 9.72 Å². The Morgan fingerprint density at radius 1 is 1.13 bits per heavy atom. The van der Waals surface area contributed by atoms with Crippen LogP contribution in [0.3, 0.4) is 0 Å². The van der Waals surface area contributed by atoms with Crippen LogP contribution < -0.4 is 25.2 Å². The number of fused-ring (bicyclic) bond motifs is 1. The van der Waals surface area contributed by atoms with Crippen molar-refractivity contribution >= 4 is 35.0 Å². The molecule has 4 aliphatic rings. The molecule has 3 fully saturated rings. The van der Waals surface area contributed by atoms with Crippen LogP contribution in [0.5, 0.6) is 5.75 Å². The van der Waals surface area contributed by atoms with Gasteiger partial charge in [0.2, 0.25) is 11.9 Å². The van der Waals surface area contributed by atoms with E-state index >= 15 is 0 Å². The number of hydrogen-bond acceptors (Lipinski definition) is 7. The molecule has 6 rings (SSSR count). The molecule has 3 aliphatic carbocycles. The molecular weight excluding hydrogens is 499 g/mol. The lowest BCUT2D eigenvalue weighted by Crippen LogP contribution is -2.41. The lowest BCUT2D eigenvalue weighted by atomic mass is 9.94. The molecule has 3 saturated carbocycles. The molecule has 1 spiro atoms. The molecule has 2 heterocycles. The van der Waals surface area contributed by atoms with Gasteiger partial charge in [-0.25, -0.2) is 9.37 Å². The van der Waals surface area contributed by atoms with Crippen molar-refractivity contribution in [2.45, 2.75) is 82.5 Å². The van der Waals surface area contributed by atoms with Crippen molar-refractivity contribution in [3.05, 3.63) is 30.0 Å². The van der Waals surface area contributed by atoms with Crippen molar-refractivity contribution in [1.29, 1.82) is 0 Å². The normalized spacial score (nSPS) is 24.3. The number of anilines is 4. The van der Waals surface area contributed by atoms with Crippen LogP contribution >= 0.6 is 0 Å². The van der Waals surface area contributed by atoms with Gasteiger partial charge in [-0.3, -0.25) is 9.59 Å². The van der Waals surface area contributed by atoms with Crippen LogP contribution in [0.1, 0.15) is 74.6 Å². The summed E-state index contributed by atoms with van der Waals surface area (Å²) >= 11 is 0. The molecule has 1 aromatic carbocycles. The van der Waals surface area contributed by atoms with Crippen LogP contribution in [0.2, 0.25) is 0 Å². The van der Waals surface area contributed by atoms with Crippen molar-refractivity contribution < 1.29 is 18.7 Å². The maximum atomic E-state index is 13.5. The third-order valence-electron chi connectivity index (χ3n) is 8.94. The number of methoxy groups -OCH3 is 1. The van der Waals surface area contributed by atoms with Crippen LogP contribution in [-0.2, 0) is 4.79 Å². The summed E-state index contributed by atoms with van der Waals surface area (Å²) in [6, 6.07) is 5.57. The Hall–Kier alpha value is -3.43. The Labute approximate surface area is 228 Å². The number of carbonyl (C=O) groups is 2. The van der Waals surface area contributed by atoms with E-state index in [9.17, 15) is 14.0 Å². The number of benzene rings is 1. The fourth-order valence-electron chi connectivity index (χ4n) is 6.37. The lowest BCUT2D eigenvalue weighted by molar-refractivity contribution is -0.122. The molecule has 39 heavy (non-hydrogen) atoms. The number of carbonyl (C=O) groups excluding carboxylic acids is 2. The molecule has 0 saturated heterocycles. The number of nitrogens with zero attached hydrogens (tertiary/aromatic N) is 4. The summed E-state index contributed by atoms with van der Waals surface area (Å²) in [4.78, 5) is 39.7. The molecule has 208 valence electrons. The Balaban J connectivity index is 1.24. The highest BCUT2D eigenvalue weighted by molar-refractivity contribution is 6.03. The van der Waals surface area contributed by atoms with Crippen LogP contribution in [0, 0.1) is 5.41 Å². The SMILES string of the molecule is COc1cc(C(=O)N[C@H]2CC[C@@H](F)CC2)ccc1Nc1ncc2c(n1)N(C1CCCC1)CC1(CC1)C(=O)N2C. The average Bonchev–Trinajstić information content (AvgIpc) is 3.55. The van der Waals surface area contributed by atoms with Gasteiger partial charge in [-0.1, -0.05) is 12.8 Å². The summed E-state index contributed by atoms with van der Waals surface area (Å²) in [5.41, 5.74) is 1.54. The van der Waals surface area contributed by atoms with Gasteiger partial charge in [0.25, 0.3) is 5.91 Å². The lowest BCUT2D eigenvalue weighted by Gasteiger charge is -2.31. The first-order chi connectivity index (χ1) is 18.9. The third kappa shape index (κ3) is 5.01. The first kappa shape index (κ1) is 25.8. The maximum Gasteiger partial charge on any atom is 0.251 e. The number of halogens is 1. The van der Waals surface area contributed by atoms with E-state index in [2.05, 4.69) is 20.5 Å². The highest BCUT2D eigenvalue weighted by Crippen LogP contribution is 2.52. The molecule has 2 aromatic rings. The molecule has 0 atom stereocenters. The van der Waals surface area contributed by atoms with Crippen molar-refractivity contribution in [2.75, 3.05) is 35.8 Å². The number of aromatic nitrogens is 2. The standard InChI is InChI=1S/C29H37FN6O3/c1-35-23-16-31-28(34-25(23)36(21-5-3-4-6-21)17-29(13-14-29)27(35)38)33-22-12-7-18(15-24(22)39-2)26(37)32-20-10-8-19(30)9-11-20/h7,12,15-16,19-21H,3-6,8-11,13-14,17H2,1-2H3,(H,32,37)(H,31,33,34)/t19-,20+. The molecule has 0 bridgehead atoms. The van der Waals surface area contributed by atoms with Gasteiger partial charge in [0.15, 0.2) is 5.82 Å². The second-order valence-corrected chi connectivity index (χ2v) is 11.6. The maximum absolute atomic E-state index is 13.5. The number of alkyl halides is 1. The van der Waals surface area contributed by atoms with Crippen LogP contribution in [0.25, 0.3) is 0 Å². The second kappa shape index (κ2) is 10.3. The quantitative estimate of drug-likeness (QED) is 0.550. The van der Waals surface area contributed by atoms with Crippen LogP contribution in [-0.4, -0.2) is 60.7 Å². The number of rotatable bonds is 6. The summed E-state index contributed by atoms with van der Waals surface area (Å²) in [5, 5.41) is 6.29. The van der Waals surface area contributed by atoms with Gasteiger partial charge in [0.1, 0.15) is 17.6 Å². The van der Waals surface area contributed by atoms with E-state index in [0.717, 1.165) is 37.2 Å². The minimum absolute atomic E-state index is 0.0103. The van der Waals surface area contributed by atoms with Gasteiger partial charge in [-0.05, 0) is 69.6 Å². The Bertz CT molecular complexity index is 1250. The summed E-state index contributed by atoms with van der Waals surface area (Å²) in [5.74, 6) is 1.64.